The van der Waals surface area contributed by atoms with Crippen LogP contribution in [0.4, 0.5) is 4.39 Å². The second kappa shape index (κ2) is 6.20. The van der Waals surface area contributed by atoms with Crippen LogP contribution >= 0.6 is 0 Å². The quantitative estimate of drug-likeness (QED) is 0.528. The maximum atomic E-state index is 14.6. The number of rotatable bonds is 3. The lowest BCUT2D eigenvalue weighted by Crippen LogP contribution is -2.25. The first kappa shape index (κ1) is 18.2. The van der Waals surface area contributed by atoms with Crippen molar-refractivity contribution >= 4 is 10.9 Å². The Labute approximate surface area is 171 Å². The van der Waals surface area contributed by atoms with Crippen molar-refractivity contribution < 1.29 is 19.0 Å². The number of aliphatic hydroxyl groups is 1. The largest absolute Gasteiger partial charge is 0.380 e. The Morgan fingerprint density at radius 3 is 2.80 bits per heavy atom. The molecule has 6 nitrogen and oxygen atoms in total. The lowest BCUT2D eigenvalue weighted by molar-refractivity contribution is 0.156. The van der Waals surface area contributed by atoms with Crippen molar-refractivity contribution in [3.63, 3.8) is 0 Å². The van der Waals surface area contributed by atoms with Gasteiger partial charge in [-0.15, -0.1) is 0 Å². The average molecular weight is 408 g/mol. The second-order valence-electron chi connectivity index (χ2n) is 8.36. The molecule has 1 aliphatic carbocycles. The predicted octanol–water partition coefficient (Wildman–Crippen LogP) is 2.90. The number of aryl methyl sites for hydroxylation is 2. The molecule has 6 rings (SSSR count). The average Bonchev–Trinajstić information content (AvgIpc) is 3.34. The molecule has 154 valence electrons. The van der Waals surface area contributed by atoms with Crippen LogP contribution in [0.2, 0.25) is 0 Å². The monoisotopic (exact) mass is 408 g/mol. The highest BCUT2D eigenvalue weighted by Crippen LogP contribution is 2.44. The molecule has 0 radical (unpaired) electrons. The zero-order valence-corrected chi connectivity index (χ0v) is 16.8. The molecule has 0 bridgehead atoms. The maximum Gasteiger partial charge on any atom is 0.257 e. The fourth-order valence-electron chi connectivity index (χ4n) is 5.20. The van der Waals surface area contributed by atoms with E-state index in [1.54, 1.807) is 4.57 Å². The molecule has 3 aliphatic rings. The molecule has 7 heteroatoms. The van der Waals surface area contributed by atoms with Crippen molar-refractivity contribution in [3.05, 3.63) is 61.7 Å². The van der Waals surface area contributed by atoms with Crippen LogP contribution in [0.15, 0.2) is 16.9 Å². The standard InChI is InChI=1S/C23H21FN2O4/c1-10-11-4-3-5-12-14-8-26-18(20(14)25-17(19(11)12)7-16(10)24)6-13(21-23(28)30-21)15(9-29-2)22(26)27/h6-7,21,23,28H,3-5,8-9H2,1-2H3. The molecule has 0 saturated carbocycles. The van der Waals surface area contributed by atoms with Gasteiger partial charge in [0.2, 0.25) is 0 Å². The summed E-state index contributed by atoms with van der Waals surface area (Å²) in [5.74, 6) is -0.237. The number of benzene rings is 1. The SMILES string of the molecule is COCc1c(C2OC2O)cc2n(c1=O)Cc1c-2nc2cc(F)c(C)c3c2c1CCC3. The fourth-order valence-corrected chi connectivity index (χ4v) is 5.20. The fraction of sp³-hybridized carbons (Fsp3) is 0.391. The van der Waals surface area contributed by atoms with E-state index in [0.29, 0.717) is 34.4 Å². The molecule has 1 fully saturated rings. The molecule has 0 spiro atoms. The van der Waals surface area contributed by atoms with Gasteiger partial charge in [0.25, 0.3) is 5.56 Å². The molecule has 4 heterocycles. The highest BCUT2D eigenvalue weighted by atomic mass is 19.1. The minimum Gasteiger partial charge on any atom is -0.380 e. The summed E-state index contributed by atoms with van der Waals surface area (Å²) in [4.78, 5) is 18.1. The molecule has 0 amide bonds. The minimum absolute atomic E-state index is 0.147. The number of nitrogens with zero attached hydrogens (tertiary/aromatic N) is 2. The lowest BCUT2D eigenvalue weighted by Gasteiger charge is -2.21. The van der Waals surface area contributed by atoms with E-state index in [-0.39, 0.29) is 18.0 Å². The third-order valence-electron chi connectivity index (χ3n) is 6.73. The Morgan fingerprint density at radius 1 is 1.30 bits per heavy atom. The van der Waals surface area contributed by atoms with Crippen molar-refractivity contribution in [1.29, 1.82) is 0 Å². The number of aromatic nitrogens is 2. The van der Waals surface area contributed by atoms with Crippen molar-refractivity contribution in [1.82, 2.24) is 9.55 Å². The Morgan fingerprint density at radius 2 is 2.07 bits per heavy atom. The van der Waals surface area contributed by atoms with Gasteiger partial charge in [0.15, 0.2) is 6.29 Å². The molecule has 1 N–H and O–H groups in total. The molecule has 2 aliphatic heterocycles. The summed E-state index contributed by atoms with van der Waals surface area (Å²) in [6.45, 7) is 2.42. The van der Waals surface area contributed by atoms with Crippen LogP contribution in [0.25, 0.3) is 22.3 Å². The van der Waals surface area contributed by atoms with Crippen LogP contribution in [0.5, 0.6) is 0 Å². The van der Waals surface area contributed by atoms with Gasteiger partial charge in [0.1, 0.15) is 11.9 Å². The Bertz CT molecular complexity index is 1310. The van der Waals surface area contributed by atoms with Gasteiger partial charge in [-0.25, -0.2) is 9.37 Å². The minimum atomic E-state index is -0.908. The third kappa shape index (κ3) is 2.34. The van der Waals surface area contributed by atoms with Gasteiger partial charge in [0.05, 0.1) is 30.1 Å². The van der Waals surface area contributed by atoms with Crippen LogP contribution in [-0.4, -0.2) is 28.1 Å². The van der Waals surface area contributed by atoms with Gasteiger partial charge in [-0.3, -0.25) is 4.79 Å². The van der Waals surface area contributed by atoms with E-state index in [1.165, 1.54) is 18.7 Å². The number of methoxy groups -OCH3 is 1. The summed E-state index contributed by atoms with van der Waals surface area (Å²) in [5, 5.41) is 10.8. The van der Waals surface area contributed by atoms with Crippen LogP contribution in [0, 0.1) is 12.7 Å². The summed E-state index contributed by atoms with van der Waals surface area (Å²) in [5.41, 5.74) is 7.01. The number of hydrogen-bond donors (Lipinski definition) is 1. The normalized spacial score (nSPS) is 21.1. The molecular weight excluding hydrogens is 387 g/mol. The maximum absolute atomic E-state index is 14.6. The number of aliphatic hydroxyl groups excluding tert-OH is 1. The first-order valence-corrected chi connectivity index (χ1v) is 10.2. The van der Waals surface area contributed by atoms with Gasteiger partial charge < -0.3 is 19.1 Å². The summed E-state index contributed by atoms with van der Waals surface area (Å²) in [7, 11) is 1.54. The van der Waals surface area contributed by atoms with Gasteiger partial charge in [-0.05, 0) is 54.5 Å². The van der Waals surface area contributed by atoms with Crippen LogP contribution in [-0.2, 0) is 35.5 Å². The van der Waals surface area contributed by atoms with E-state index in [4.69, 9.17) is 14.5 Å². The smallest absolute Gasteiger partial charge is 0.257 e. The molecule has 2 atom stereocenters. The first-order chi connectivity index (χ1) is 14.5. The molecule has 2 unspecified atom stereocenters. The first-order valence-electron chi connectivity index (χ1n) is 10.2. The van der Waals surface area contributed by atoms with Crippen LogP contribution in [0.3, 0.4) is 0 Å². The number of halogens is 1. The second-order valence-corrected chi connectivity index (χ2v) is 8.36. The number of hydrogen-bond acceptors (Lipinski definition) is 5. The van der Waals surface area contributed by atoms with E-state index >= 15 is 0 Å². The summed E-state index contributed by atoms with van der Waals surface area (Å²) in [6, 6.07) is 3.39. The number of ether oxygens (including phenoxy) is 2. The molecule has 3 aromatic rings. The Kier molecular flexibility index (Phi) is 3.76. The van der Waals surface area contributed by atoms with Crippen molar-refractivity contribution in [2.24, 2.45) is 0 Å². The van der Waals surface area contributed by atoms with Crippen molar-refractivity contribution in [3.8, 4) is 11.4 Å². The summed E-state index contributed by atoms with van der Waals surface area (Å²) >= 11 is 0. The number of pyridine rings is 2. The zero-order valence-electron chi connectivity index (χ0n) is 16.8. The van der Waals surface area contributed by atoms with Crippen LogP contribution < -0.4 is 5.56 Å². The molecule has 1 saturated heterocycles. The topological polar surface area (TPSA) is 76.9 Å². The van der Waals surface area contributed by atoms with Crippen molar-refractivity contribution in [2.45, 2.75) is 51.7 Å². The number of fused-ring (bicyclic) bond motifs is 4. The van der Waals surface area contributed by atoms with E-state index in [0.717, 1.165) is 41.5 Å². The van der Waals surface area contributed by atoms with Gasteiger partial charge in [-0.2, -0.15) is 0 Å². The number of epoxide rings is 1. The highest BCUT2D eigenvalue weighted by molar-refractivity contribution is 5.92. The molecule has 1 aromatic carbocycles. The van der Waals surface area contributed by atoms with Gasteiger partial charge >= 0.3 is 0 Å². The molecule has 30 heavy (non-hydrogen) atoms. The molecular formula is C23H21FN2O4. The predicted molar refractivity (Wildman–Crippen MR) is 108 cm³/mol. The Hall–Kier alpha value is -2.61. The van der Waals surface area contributed by atoms with E-state index in [9.17, 15) is 14.3 Å². The van der Waals surface area contributed by atoms with Gasteiger partial charge in [0, 0.05) is 29.7 Å². The van der Waals surface area contributed by atoms with Crippen molar-refractivity contribution in [2.75, 3.05) is 7.11 Å². The Balaban J connectivity index is 1.65. The van der Waals surface area contributed by atoms with E-state index in [2.05, 4.69) is 0 Å². The summed E-state index contributed by atoms with van der Waals surface area (Å²) < 4.78 is 26.8. The summed E-state index contributed by atoms with van der Waals surface area (Å²) in [6.07, 6.45) is 1.26. The highest BCUT2D eigenvalue weighted by Gasteiger charge is 2.42. The van der Waals surface area contributed by atoms with E-state index < -0.39 is 12.4 Å². The lowest BCUT2D eigenvalue weighted by atomic mass is 9.85. The third-order valence-corrected chi connectivity index (χ3v) is 6.73. The van der Waals surface area contributed by atoms with E-state index in [1.807, 2.05) is 13.0 Å². The van der Waals surface area contributed by atoms with Gasteiger partial charge in [-0.1, -0.05) is 0 Å². The zero-order chi connectivity index (χ0) is 20.7. The van der Waals surface area contributed by atoms with Crippen LogP contribution in [0.1, 0.15) is 45.9 Å². The molecule has 2 aromatic heterocycles.